The highest BCUT2D eigenvalue weighted by molar-refractivity contribution is 8.00. The normalized spacial score (nSPS) is 25.6. The smallest absolute Gasteiger partial charge is 0.233 e. The lowest BCUT2D eigenvalue weighted by atomic mass is 10.0. The second kappa shape index (κ2) is 8.29. The largest absolute Gasteiger partial charge is 0.384 e. The van der Waals surface area contributed by atoms with Gasteiger partial charge in [-0.1, -0.05) is 0 Å². The molecular formula is C17H25N3O3S. The average molecular weight is 351 g/mol. The Hall–Kier alpha value is -1.15. The number of likely N-dealkylation sites (tertiary alicyclic amines) is 1. The molecule has 132 valence electrons. The molecule has 1 amide bonds. The van der Waals surface area contributed by atoms with Crippen molar-refractivity contribution in [3.63, 3.8) is 0 Å². The Morgan fingerprint density at radius 1 is 1.29 bits per heavy atom. The van der Waals surface area contributed by atoms with Crippen molar-refractivity contribution in [1.29, 1.82) is 0 Å². The van der Waals surface area contributed by atoms with Crippen molar-refractivity contribution in [3.8, 4) is 0 Å². The summed E-state index contributed by atoms with van der Waals surface area (Å²) in [6.07, 6.45) is 5.81. The summed E-state index contributed by atoms with van der Waals surface area (Å²) in [6, 6.07) is 3.79. The molecule has 2 saturated heterocycles. The van der Waals surface area contributed by atoms with E-state index in [-0.39, 0.29) is 5.91 Å². The summed E-state index contributed by atoms with van der Waals surface area (Å²) in [5, 5.41) is 10.9. The Labute approximate surface area is 147 Å². The number of ether oxygens (including phenoxy) is 1. The fraction of sp³-hybridized carbons (Fsp3) is 0.647. The van der Waals surface area contributed by atoms with E-state index >= 15 is 0 Å². The molecule has 1 N–H and O–H groups in total. The minimum absolute atomic E-state index is 0.0437. The number of carbonyl (C=O) groups is 1. The van der Waals surface area contributed by atoms with E-state index < -0.39 is 5.60 Å². The SMILES string of the molecule is O=C(CSc1ccncc1)N1CCOC[C@@](O)(CN2CCCC2)C1. The second-order valence-electron chi connectivity index (χ2n) is 6.55. The molecule has 1 aromatic rings. The number of β-amino-alcohol motifs (C(OH)–C–C–N with tert-alkyl or cyclic N) is 1. The first kappa shape index (κ1) is 17.7. The molecule has 1 atom stereocenters. The van der Waals surface area contributed by atoms with Crippen LogP contribution in [0.4, 0.5) is 0 Å². The highest BCUT2D eigenvalue weighted by Crippen LogP contribution is 2.20. The summed E-state index contributed by atoms with van der Waals surface area (Å²) in [7, 11) is 0. The average Bonchev–Trinajstić information content (AvgIpc) is 3.01. The zero-order valence-electron chi connectivity index (χ0n) is 13.9. The number of carbonyl (C=O) groups excluding carboxylic acids is 1. The molecule has 0 unspecified atom stereocenters. The Balaban J connectivity index is 1.56. The van der Waals surface area contributed by atoms with Gasteiger partial charge in [0.15, 0.2) is 0 Å². The van der Waals surface area contributed by atoms with Crippen LogP contribution in [0.2, 0.25) is 0 Å². The molecule has 1 aromatic heterocycles. The number of pyridine rings is 1. The van der Waals surface area contributed by atoms with Crippen LogP contribution in [0.25, 0.3) is 0 Å². The first-order chi connectivity index (χ1) is 11.6. The lowest BCUT2D eigenvalue weighted by Crippen LogP contribution is -2.53. The van der Waals surface area contributed by atoms with Crippen molar-refractivity contribution in [2.75, 3.05) is 51.7 Å². The number of hydrogen-bond acceptors (Lipinski definition) is 6. The molecule has 0 saturated carbocycles. The maximum absolute atomic E-state index is 12.6. The summed E-state index contributed by atoms with van der Waals surface area (Å²) in [5.74, 6) is 0.409. The zero-order chi connectivity index (χ0) is 16.8. The predicted octanol–water partition coefficient (Wildman–Crippen LogP) is 0.859. The number of amides is 1. The number of nitrogens with zero attached hydrogens (tertiary/aromatic N) is 3. The Kier molecular flexibility index (Phi) is 6.10. The van der Waals surface area contributed by atoms with Crippen molar-refractivity contribution in [2.45, 2.75) is 23.3 Å². The van der Waals surface area contributed by atoms with Crippen LogP contribution in [0.1, 0.15) is 12.8 Å². The number of rotatable bonds is 5. The van der Waals surface area contributed by atoms with Gasteiger partial charge in [-0.3, -0.25) is 9.78 Å². The molecule has 3 rings (SSSR count). The van der Waals surface area contributed by atoms with Crippen molar-refractivity contribution < 1.29 is 14.6 Å². The monoisotopic (exact) mass is 351 g/mol. The van der Waals surface area contributed by atoms with Gasteiger partial charge in [0.2, 0.25) is 5.91 Å². The van der Waals surface area contributed by atoms with Crippen LogP contribution in [0.15, 0.2) is 29.4 Å². The van der Waals surface area contributed by atoms with Crippen LogP contribution >= 0.6 is 11.8 Å². The van der Waals surface area contributed by atoms with Gasteiger partial charge in [0.05, 0.1) is 25.5 Å². The van der Waals surface area contributed by atoms with Gasteiger partial charge in [-0.05, 0) is 38.1 Å². The van der Waals surface area contributed by atoms with Gasteiger partial charge in [-0.2, -0.15) is 0 Å². The van der Waals surface area contributed by atoms with Crippen LogP contribution in [0, 0.1) is 0 Å². The third-order valence-electron chi connectivity index (χ3n) is 4.44. The standard InChI is InChI=1S/C17H25N3O3S/c21-16(11-24-15-3-5-18-6-4-15)20-9-10-23-14-17(22,13-20)12-19-7-1-2-8-19/h3-6,22H,1-2,7-14H2/t17-/m1/s1. The van der Waals surface area contributed by atoms with Gasteiger partial charge in [-0.25, -0.2) is 0 Å². The van der Waals surface area contributed by atoms with Gasteiger partial charge in [-0.15, -0.1) is 11.8 Å². The third-order valence-corrected chi connectivity index (χ3v) is 5.44. The van der Waals surface area contributed by atoms with Gasteiger partial charge in [0.25, 0.3) is 0 Å². The third kappa shape index (κ3) is 4.92. The maximum atomic E-state index is 12.6. The van der Waals surface area contributed by atoms with Crippen molar-refractivity contribution >= 4 is 17.7 Å². The molecule has 6 nitrogen and oxygen atoms in total. The summed E-state index contributed by atoms with van der Waals surface area (Å²) in [6.45, 7) is 4.28. The number of aliphatic hydroxyl groups is 1. The minimum atomic E-state index is -0.974. The zero-order valence-corrected chi connectivity index (χ0v) is 14.7. The predicted molar refractivity (Wildman–Crippen MR) is 93.0 cm³/mol. The summed E-state index contributed by atoms with van der Waals surface area (Å²) < 4.78 is 5.58. The van der Waals surface area contributed by atoms with Crippen molar-refractivity contribution in [2.24, 2.45) is 0 Å². The molecule has 3 heterocycles. The fourth-order valence-electron chi connectivity index (χ4n) is 3.25. The molecule has 0 aromatic carbocycles. The van der Waals surface area contributed by atoms with E-state index in [1.165, 1.54) is 24.6 Å². The van der Waals surface area contributed by atoms with E-state index in [0.717, 1.165) is 18.0 Å². The first-order valence-electron chi connectivity index (χ1n) is 8.48. The quantitative estimate of drug-likeness (QED) is 0.794. The van der Waals surface area contributed by atoms with Crippen molar-refractivity contribution in [3.05, 3.63) is 24.5 Å². The van der Waals surface area contributed by atoms with E-state index in [1.54, 1.807) is 17.3 Å². The molecular weight excluding hydrogens is 326 g/mol. The van der Waals surface area contributed by atoms with Crippen LogP contribution in [-0.2, 0) is 9.53 Å². The Morgan fingerprint density at radius 3 is 2.79 bits per heavy atom. The summed E-state index contributed by atoms with van der Waals surface area (Å²) in [5.41, 5.74) is -0.974. The summed E-state index contributed by atoms with van der Waals surface area (Å²) in [4.78, 5) is 21.6. The summed E-state index contributed by atoms with van der Waals surface area (Å²) >= 11 is 1.50. The van der Waals surface area contributed by atoms with E-state index in [1.807, 2.05) is 12.1 Å². The molecule has 7 heteroatoms. The minimum Gasteiger partial charge on any atom is -0.384 e. The lowest BCUT2D eigenvalue weighted by Gasteiger charge is -2.34. The first-order valence-corrected chi connectivity index (χ1v) is 9.46. The molecule has 2 aliphatic rings. The second-order valence-corrected chi connectivity index (χ2v) is 7.60. The van der Waals surface area contributed by atoms with Gasteiger partial charge >= 0.3 is 0 Å². The van der Waals surface area contributed by atoms with Crippen molar-refractivity contribution in [1.82, 2.24) is 14.8 Å². The highest BCUT2D eigenvalue weighted by atomic mass is 32.2. The molecule has 2 aliphatic heterocycles. The fourth-order valence-corrected chi connectivity index (χ4v) is 4.04. The van der Waals surface area contributed by atoms with E-state index in [9.17, 15) is 9.90 Å². The van der Waals surface area contributed by atoms with Gasteiger partial charge in [0.1, 0.15) is 5.60 Å². The number of hydrogen-bond donors (Lipinski definition) is 1. The number of aromatic nitrogens is 1. The lowest BCUT2D eigenvalue weighted by molar-refractivity contribution is -0.131. The highest BCUT2D eigenvalue weighted by Gasteiger charge is 2.36. The number of thioether (sulfide) groups is 1. The molecule has 0 bridgehead atoms. The Morgan fingerprint density at radius 2 is 2.04 bits per heavy atom. The van der Waals surface area contributed by atoms with Gasteiger partial charge < -0.3 is 19.6 Å². The molecule has 24 heavy (non-hydrogen) atoms. The van der Waals surface area contributed by atoms with Crippen LogP contribution in [0.3, 0.4) is 0 Å². The van der Waals surface area contributed by atoms with E-state index in [2.05, 4.69) is 9.88 Å². The molecule has 0 aliphatic carbocycles. The topological polar surface area (TPSA) is 65.9 Å². The Bertz CT molecular complexity index is 539. The van der Waals surface area contributed by atoms with E-state index in [4.69, 9.17) is 4.74 Å². The van der Waals surface area contributed by atoms with Gasteiger partial charge in [0, 0.05) is 30.4 Å². The van der Waals surface area contributed by atoms with E-state index in [0.29, 0.717) is 38.6 Å². The van der Waals surface area contributed by atoms with Crippen LogP contribution in [0.5, 0.6) is 0 Å². The molecule has 0 spiro atoms. The van der Waals surface area contributed by atoms with Crippen LogP contribution < -0.4 is 0 Å². The van der Waals surface area contributed by atoms with Crippen LogP contribution in [-0.4, -0.2) is 83.1 Å². The molecule has 2 fully saturated rings. The maximum Gasteiger partial charge on any atom is 0.233 e. The molecule has 0 radical (unpaired) electrons.